The summed E-state index contributed by atoms with van der Waals surface area (Å²) in [4.78, 5) is 8.72. The first-order valence-corrected chi connectivity index (χ1v) is 1.37. The van der Waals surface area contributed by atoms with Crippen molar-refractivity contribution < 1.29 is 21.9 Å². The quantitative estimate of drug-likeness (QED) is 0.290. The zero-order chi connectivity index (χ0) is 2.71. The molecule has 0 rings (SSSR count). The van der Waals surface area contributed by atoms with Crippen LogP contribution >= 0.6 is 15.9 Å². The maximum Gasteiger partial charge on any atom is 0.185 e. The van der Waals surface area contributed by atoms with Crippen molar-refractivity contribution in [1.29, 1.82) is 0 Å². The summed E-state index contributed by atoms with van der Waals surface area (Å²) < 4.78 is 0. The molecule has 0 aliphatic carbocycles. The SMILES string of the molecule is O=CBr.[Mn]. The van der Waals surface area contributed by atoms with E-state index in [0.29, 0.717) is 5.20 Å². The molecule has 1 radical (unpaired) electrons. The van der Waals surface area contributed by atoms with Crippen LogP contribution in [0.25, 0.3) is 0 Å². The van der Waals surface area contributed by atoms with E-state index in [1.54, 1.807) is 0 Å². The van der Waals surface area contributed by atoms with Crippen LogP contribution < -0.4 is 0 Å². The summed E-state index contributed by atoms with van der Waals surface area (Å²) in [6.07, 6.45) is 0. The third kappa shape index (κ3) is 16.6. The molecular weight excluding hydrogens is 163 g/mol. The first-order chi connectivity index (χ1) is 1.41. The Morgan fingerprint density at radius 1 is 1.75 bits per heavy atom. The van der Waals surface area contributed by atoms with Gasteiger partial charge in [0.15, 0.2) is 5.20 Å². The maximum atomic E-state index is 8.72. The molecule has 0 aromatic heterocycles. The number of halogens is 1. The zero-order valence-corrected chi connectivity index (χ0v) is 4.51. The Labute approximate surface area is 43.4 Å². The van der Waals surface area contributed by atoms with Crippen molar-refractivity contribution in [2.75, 3.05) is 0 Å². The number of hydrogen-bond donors (Lipinski definition) is 0. The van der Waals surface area contributed by atoms with E-state index in [4.69, 9.17) is 4.79 Å². The summed E-state index contributed by atoms with van der Waals surface area (Å²) in [5.74, 6) is 0. The van der Waals surface area contributed by atoms with Crippen molar-refractivity contribution in [3.05, 3.63) is 0 Å². The van der Waals surface area contributed by atoms with Gasteiger partial charge in [-0.3, -0.25) is 4.79 Å². The second-order valence-electron chi connectivity index (χ2n) is 0.0891. The van der Waals surface area contributed by atoms with Crippen LogP contribution in [0.5, 0.6) is 0 Å². The fraction of sp³-hybridized carbons (Fsp3) is 0. The van der Waals surface area contributed by atoms with E-state index >= 15 is 0 Å². The molecule has 1 nitrogen and oxygen atoms in total. The molecule has 0 bridgehead atoms. The second-order valence-corrected chi connectivity index (χ2v) is 0.463. The van der Waals surface area contributed by atoms with Crippen molar-refractivity contribution >= 4 is 21.1 Å². The van der Waals surface area contributed by atoms with E-state index in [1.165, 1.54) is 0 Å². The molecule has 25 valence electrons. The van der Waals surface area contributed by atoms with E-state index < -0.39 is 0 Å². The largest absolute Gasteiger partial charge is 0.290 e. The predicted octanol–water partition coefficient (Wildman–Crippen LogP) is 0.569. The predicted molar refractivity (Wildman–Crippen MR) is 15.7 cm³/mol. The average molecular weight is 164 g/mol. The van der Waals surface area contributed by atoms with Gasteiger partial charge < -0.3 is 0 Å². The Hall–Kier alpha value is 0.669. The Morgan fingerprint density at radius 2 is 1.75 bits per heavy atom. The van der Waals surface area contributed by atoms with Crippen LogP contribution in [0.3, 0.4) is 0 Å². The van der Waals surface area contributed by atoms with E-state index in [9.17, 15) is 0 Å². The van der Waals surface area contributed by atoms with Gasteiger partial charge in [-0.1, -0.05) is 0 Å². The molecule has 0 N–H and O–H groups in total. The molecule has 0 saturated carbocycles. The molecule has 0 fully saturated rings. The van der Waals surface area contributed by atoms with Crippen molar-refractivity contribution in [3.8, 4) is 0 Å². The molecule has 3 heteroatoms. The summed E-state index contributed by atoms with van der Waals surface area (Å²) in [7, 11) is 0. The van der Waals surface area contributed by atoms with Crippen LogP contribution in [-0.2, 0) is 21.9 Å². The van der Waals surface area contributed by atoms with Gasteiger partial charge in [-0.2, -0.15) is 0 Å². The third-order valence-electron chi connectivity index (χ3n) is 0. The Balaban J connectivity index is 0. The molecule has 0 atom stereocenters. The summed E-state index contributed by atoms with van der Waals surface area (Å²) >= 11 is 2.47. The van der Waals surface area contributed by atoms with Gasteiger partial charge in [0, 0.05) is 17.1 Å². The molecule has 0 saturated heterocycles. The molecule has 0 unspecified atom stereocenters. The fourth-order valence-electron chi connectivity index (χ4n) is 0. The van der Waals surface area contributed by atoms with Gasteiger partial charge in [0.05, 0.1) is 0 Å². The second kappa shape index (κ2) is 9.38. The normalized spacial score (nSPS) is 3.25. The molecule has 0 aromatic carbocycles. The van der Waals surface area contributed by atoms with Crippen LogP contribution in [0.2, 0.25) is 0 Å². The fourth-order valence-corrected chi connectivity index (χ4v) is 0. The zero-order valence-electron chi connectivity index (χ0n) is 1.74. The molecule has 4 heavy (non-hydrogen) atoms. The van der Waals surface area contributed by atoms with Crippen LogP contribution in [0.15, 0.2) is 0 Å². The van der Waals surface area contributed by atoms with Gasteiger partial charge in [0.1, 0.15) is 0 Å². The van der Waals surface area contributed by atoms with Crippen molar-refractivity contribution in [1.82, 2.24) is 0 Å². The number of carbonyl (C=O) groups excluding carboxylic acids is 1. The molecule has 0 aromatic rings. The van der Waals surface area contributed by atoms with E-state index in [0.717, 1.165) is 0 Å². The molecule has 0 aliphatic heterocycles. The van der Waals surface area contributed by atoms with Crippen LogP contribution in [0.1, 0.15) is 0 Å². The number of rotatable bonds is 0. The van der Waals surface area contributed by atoms with E-state index in [2.05, 4.69) is 15.9 Å². The Morgan fingerprint density at radius 3 is 1.75 bits per heavy atom. The van der Waals surface area contributed by atoms with Crippen molar-refractivity contribution in [2.45, 2.75) is 0 Å². The van der Waals surface area contributed by atoms with Crippen LogP contribution in [0, 0.1) is 0 Å². The maximum absolute atomic E-state index is 8.72. The minimum absolute atomic E-state index is 0. The minimum Gasteiger partial charge on any atom is -0.290 e. The molecule has 0 heterocycles. The van der Waals surface area contributed by atoms with Crippen LogP contribution in [0.4, 0.5) is 0 Å². The minimum atomic E-state index is 0. The topological polar surface area (TPSA) is 17.1 Å². The summed E-state index contributed by atoms with van der Waals surface area (Å²) in [6, 6.07) is 0. The Bertz CT molecular complexity index is 15.5. The summed E-state index contributed by atoms with van der Waals surface area (Å²) in [5.41, 5.74) is 0. The first-order valence-electron chi connectivity index (χ1n) is 0.454. The summed E-state index contributed by atoms with van der Waals surface area (Å²) in [5, 5.41) is 0.562. The van der Waals surface area contributed by atoms with Gasteiger partial charge in [-0.25, -0.2) is 0 Å². The molecule has 0 aliphatic rings. The Kier molecular flexibility index (Phi) is 20.7. The van der Waals surface area contributed by atoms with Gasteiger partial charge in [-0.15, -0.1) is 0 Å². The van der Waals surface area contributed by atoms with Gasteiger partial charge in [0.2, 0.25) is 0 Å². The van der Waals surface area contributed by atoms with Gasteiger partial charge in [-0.05, 0) is 15.9 Å². The first kappa shape index (κ1) is 8.82. The smallest absolute Gasteiger partial charge is 0.185 e. The standard InChI is InChI=1S/CHBrO.Mn/c2-1-3;/h1H;. The molecule has 0 spiro atoms. The molecular formula is CHBrMnO. The molecule has 0 amide bonds. The van der Waals surface area contributed by atoms with E-state index in [1.807, 2.05) is 0 Å². The third-order valence-corrected chi connectivity index (χ3v) is 0. The van der Waals surface area contributed by atoms with E-state index in [-0.39, 0.29) is 17.1 Å². The van der Waals surface area contributed by atoms with Crippen molar-refractivity contribution in [3.63, 3.8) is 0 Å². The van der Waals surface area contributed by atoms with Crippen molar-refractivity contribution in [2.24, 2.45) is 0 Å². The summed E-state index contributed by atoms with van der Waals surface area (Å²) in [6.45, 7) is 0. The monoisotopic (exact) mass is 163 g/mol. The van der Waals surface area contributed by atoms with Gasteiger partial charge in [0.25, 0.3) is 0 Å². The van der Waals surface area contributed by atoms with Gasteiger partial charge >= 0.3 is 0 Å². The average Bonchev–Trinajstić information content (AvgIpc) is 0.918. The van der Waals surface area contributed by atoms with Crippen LogP contribution in [-0.4, -0.2) is 5.20 Å². The number of carbonyl (C=O) groups is 1. The number of hydrogen-bond acceptors (Lipinski definition) is 1.